The number of ether oxygens (including phenoxy) is 2. The van der Waals surface area contributed by atoms with Crippen LogP contribution in [0.2, 0.25) is 0 Å². The highest BCUT2D eigenvalue weighted by Crippen LogP contribution is 2.34. The number of nitrogens with two attached hydrogens (primary N) is 1. The fourth-order valence-corrected chi connectivity index (χ4v) is 2.68. The van der Waals surface area contributed by atoms with E-state index in [1.807, 2.05) is 0 Å². The average molecular weight is 324 g/mol. The number of methoxy groups -OCH3 is 1. The highest BCUT2D eigenvalue weighted by molar-refractivity contribution is 6.07. The number of fused-ring (bicyclic) bond motifs is 1. The highest BCUT2D eigenvalue weighted by Gasteiger charge is 2.44. The summed E-state index contributed by atoms with van der Waals surface area (Å²) in [5.74, 6) is -0.581. The van der Waals surface area contributed by atoms with Crippen LogP contribution in [0.3, 0.4) is 0 Å². The molecule has 0 radical (unpaired) electrons. The van der Waals surface area contributed by atoms with Crippen molar-refractivity contribution >= 4 is 22.8 Å². The molecule has 4 atom stereocenters. The molecule has 0 saturated carbocycles. The minimum Gasteiger partial charge on any atom is -0.465 e. The Kier molecular flexibility index (Phi) is 3.90. The van der Waals surface area contributed by atoms with Crippen molar-refractivity contribution in [2.45, 2.75) is 24.5 Å². The summed E-state index contributed by atoms with van der Waals surface area (Å²) in [7, 11) is 1.22. The van der Waals surface area contributed by atoms with Crippen molar-refractivity contribution in [1.29, 1.82) is 0 Å². The molecule has 1 fully saturated rings. The first kappa shape index (κ1) is 15.6. The normalized spacial score (nSPS) is 27.5. The molecule has 10 heteroatoms. The number of nitrogen functional groups attached to an aromatic ring is 1. The molecule has 23 heavy (non-hydrogen) atoms. The second-order valence-electron chi connectivity index (χ2n) is 5.13. The maximum atomic E-state index is 11.9. The molecule has 0 amide bonds. The lowest BCUT2D eigenvalue weighted by molar-refractivity contribution is -0.0509. The quantitative estimate of drug-likeness (QED) is 0.489. The van der Waals surface area contributed by atoms with Crippen molar-refractivity contribution in [3.8, 4) is 0 Å². The van der Waals surface area contributed by atoms with Gasteiger partial charge in [0.1, 0.15) is 36.1 Å². The van der Waals surface area contributed by atoms with E-state index in [1.165, 1.54) is 24.2 Å². The smallest absolute Gasteiger partial charge is 0.340 e. The van der Waals surface area contributed by atoms with Crippen LogP contribution in [0.1, 0.15) is 16.6 Å². The molecular weight excluding hydrogens is 308 g/mol. The van der Waals surface area contributed by atoms with Gasteiger partial charge in [0.05, 0.1) is 24.7 Å². The molecule has 124 valence electrons. The summed E-state index contributed by atoms with van der Waals surface area (Å²) >= 11 is 0. The van der Waals surface area contributed by atoms with E-state index in [2.05, 4.69) is 9.97 Å². The molecule has 3 rings (SSSR count). The third-order valence-electron chi connectivity index (χ3n) is 3.84. The number of aromatic nitrogens is 3. The van der Waals surface area contributed by atoms with Crippen LogP contribution in [0.25, 0.3) is 11.0 Å². The van der Waals surface area contributed by atoms with Gasteiger partial charge in [0, 0.05) is 6.20 Å². The molecule has 1 saturated heterocycles. The monoisotopic (exact) mass is 324 g/mol. The lowest BCUT2D eigenvalue weighted by Gasteiger charge is -2.17. The lowest BCUT2D eigenvalue weighted by atomic mass is 10.1. The molecule has 3 heterocycles. The van der Waals surface area contributed by atoms with Crippen LogP contribution in [0.15, 0.2) is 12.5 Å². The van der Waals surface area contributed by atoms with Crippen molar-refractivity contribution in [3.63, 3.8) is 0 Å². The average Bonchev–Trinajstić information content (AvgIpc) is 3.07. The van der Waals surface area contributed by atoms with Gasteiger partial charge in [-0.2, -0.15) is 0 Å². The van der Waals surface area contributed by atoms with Crippen molar-refractivity contribution in [2.75, 3.05) is 19.5 Å². The van der Waals surface area contributed by atoms with Crippen molar-refractivity contribution in [2.24, 2.45) is 0 Å². The first-order valence-corrected chi connectivity index (χ1v) is 6.81. The van der Waals surface area contributed by atoms with Gasteiger partial charge in [-0.1, -0.05) is 0 Å². The van der Waals surface area contributed by atoms with Crippen LogP contribution in [-0.4, -0.2) is 67.9 Å². The molecule has 1 aliphatic rings. The Morgan fingerprint density at radius 1 is 1.43 bits per heavy atom. The maximum Gasteiger partial charge on any atom is 0.340 e. The minimum atomic E-state index is -1.32. The molecule has 2 aromatic heterocycles. The van der Waals surface area contributed by atoms with E-state index in [1.54, 1.807) is 0 Å². The van der Waals surface area contributed by atoms with Crippen molar-refractivity contribution in [1.82, 2.24) is 14.5 Å². The summed E-state index contributed by atoms with van der Waals surface area (Å²) in [6, 6.07) is 0. The number of anilines is 1. The van der Waals surface area contributed by atoms with Gasteiger partial charge in [-0.15, -0.1) is 0 Å². The van der Waals surface area contributed by atoms with Gasteiger partial charge in [0.25, 0.3) is 0 Å². The van der Waals surface area contributed by atoms with Crippen LogP contribution >= 0.6 is 0 Å². The van der Waals surface area contributed by atoms with Gasteiger partial charge in [0.15, 0.2) is 6.23 Å². The number of carbonyl (C=O) groups is 1. The molecule has 0 aliphatic carbocycles. The van der Waals surface area contributed by atoms with E-state index in [4.69, 9.17) is 15.2 Å². The summed E-state index contributed by atoms with van der Waals surface area (Å²) in [5.41, 5.74) is 6.16. The van der Waals surface area contributed by atoms with E-state index in [-0.39, 0.29) is 22.4 Å². The SMILES string of the molecule is COC(=O)c1cn([C@@H]2O[C@H](CO)[C@@H](O)[C@H]2O)c2ncnc(N)c12. The van der Waals surface area contributed by atoms with Crippen molar-refractivity contribution in [3.05, 3.63) is 18.1 Å². The zero-order valence-electron chi connectivity index (χ0n) is 12.2. The fraction of sp³-hybridized carbons (Fsp3) is 0.462. The van der Waals surface area contributed by atoms with Crippen LogP contribution in [-0.2, 0) is 9.47 Å². The van der Waals surface area contributed by atoms with E-state index < -0.39 is 37.1 Å². The molecule has 0 spiro atoms. The summed E-state index contributed by atoms with van der Waals surface area (Å²) in [4.78, 5) is 19.8. The Labute approximate surface area is 130 Å². The number of aliphatic hydroxyl groups excluding tert-OH is 3. The Morgan fingerprint density at radius 2 is 2.17 bits per heavy atom. The number of hydrogen-bond donors (Lipinski definition) is 4. The summed E-state index contributed by atoms with van der Waals surface area (Å²) in [6.45, 7) is -0.463. The first-order chi connectivity index (χ1) is 11.0. The van der Waals surface area contributed by atoms with Crippen LogP contribution < -0.4 is 5.73 Å². The van der Waals surface area contributed by atoms with Crippen LogP contribution in [0.5, 0.6) is 0 Å². The topological polar surface area (TPSA) is 153 Å². The fourth-order valence-electron chi connectivity index (χ4n) is 2.68. The molecule has 0 bridgehead atoms. The van der Waals surface area contributed by atoms with Gasteiger partial charge < -0.3 is 35.1 Å². The Hall–Kier alpha value is -2.27. The van der Waals surface area contributed by atoms with E-state index in [0.29, 0.717) is 0 Å². The summed E-state index contributed by atoms with van der Waals surface area (Å²) in [6.07, 6.45) is -2.02. The predicted molar refractivity (Wildman–Crippen MR) is 76.3 cm³/mol. The van der Waals surface area contributed by atoms with E-state index >= 15 is 0 Å². The van der Waals surface area contributed by atoms with Gasteiger partial charge in [-0.25, -0.2) is 14.8 Å². The molecule has 10 nitrogen and oxygen atoms in total. The van der Waals surface area contributed by atoms with Crippen LogP contribution in [0.4, 0.5) is 5.82 Å². The summed E-state index contributed by atoms with van der Waals surface area (Å²) in [5, 5.41) is 29.5. The number of esters is 1. The third kappa shape index (κ3) is 2.32. The molecule has 0 aromatic carbocycles. The second-order valence-corrected chi connectivity index (χ2v) is 5.13. The van der Waals surface area contributed by atoms with E-state index in [9.17, 15) is 20.1 Å². The Morgan fingerprint density at radius 3 is 2.78 bits per heavy atom. The number of hydrogen-bond acceptors (Lipinski definition) is 9. The van der Waals surface area contributed by atoms with E-state index in [0.717, 1.165) is 0 Å². The molecule has 2 aromatic rings. The second kappa shape index (κ2) is 5.74. The molecule has 0 unspecified atom stereocenters. The highest BCUT2D eigenvalue weighted by atomic mass is 16.6. The van der Waals surface area contributed by atoms with Gasteiger partial charge >= 0.3 is 5.97 Å². The standard InChI is InChI=1S/C13H16N4O6/c1-22-13(21)5-2-17(11-7(5)10(14)15-4-16-11)12-9(20)8(19)6(3-18)23-12/h2,4,6,8-9,12,18-20H,3H2,1H3,(H2,14,15,16)/t6-,8-,9-,12-/m1/s1. The number of carbonyl (C=O) groups excluding carboxylic acids is 1. The molecule has 1 aliphatic heterocycles. The third-order valence-corrected chi connectivity index (χ3v) is 3.84. The number of rotatable bonds is 3. The largest absolute Gasteiger partial charge is 0.465 e. The minimum absolute atomic E-state index is 0.0703. The first-order valence-electron chi connectivity index (χ1n) is 6.81. The zero-order chi connectivity index (χ0) is 16.7. The molecule has 5 N–H and O–H groups in total. The van der Waals surface area contributed by atoms with Crippen LogP contribution in [0, 0.1) is 0 Å². The predicted octanol–water partition coefficient (Wildman–Crippen LogP) is -1.59. The summed E-state index contributed by atoms with van der Waals surface area (Å²) < 4.78 is 11.5. The van der Waals surface area contributed by atoms with Gasteiger partial charge in [-0.05, 0) is 0 Å². The van der Waals surface area contributed by atoms with Gasteiger partial charge in [0.2, 0.25) is 0 Å². The number of aliphatic hydroxyl groups is 3. The number of nitrogens with zero attached hydrogens (tertiary/aromatic N) is 3. The van der Waals surface area contributed by atoms with Gasteiger partial charge in [-0.3, -0.25) is 0 Å². The Bertz CT molecular complexity index is 747. The molecular formula is C13H16N4O6. The van der Waals surface area contributed by atoms with Crippen molar-refractivity contribution < 1.29 is 29.6 Å². The lowest BCUT2D eigenvalue weighted by Crippen LogP contribution is -2.33. The maximum absolute atomic E-state index is 11.9. The Balaban J connectivity index is 2.16. The zero-order valence-corrected chi connectivity index (χ0v) is 12.2.